The largest absolute Gasteiger partial charge is 0.481 e. The van der Waals surface area contributed by atoms with Gasteiger partial charge in [-0.2, -0.15) is 0 Å². The summed E-state index contributed by atoms with van der Waals surface area (Å²) in [6, 6.07) is 10.8. The minimum Gasteiger partial charge on any atom is -0.481 e. The van der Waals surface area contributed by atoms with E-state index in [4.69, 9.17) is 9.84 Å². The SMILES string of the molecule is CC(C)(C)OC(=O)c1ccc(-c2ccc(CCC(=O)O)cn2)cc1. The number of carbonyl (C=O) groups is 2. The van der Waals surface area contributed by atoms with Crippen LogP contribution in [0.3, 0.4) is 0 Å². The Balaban J connectivity index is 2.07. The highest BCUT2D eigenvalue weighted by atomic mass is 16.6. The molecule has 0 saturated heterocycles. The molecule has 0 aliphatic rings. The van der Waals surface area contributed by atoms with Crippen LogP contribution in [0.4, 0.5) is 0 Å². The molecule has 0 aliphatic carbocycles. The predicted octanol–water partition coefficient (Wildman–Crippen LogP) is 3.72. The number of aromatic nitrogens is 1. The highest BCUT2D eigenvalue weighted by Crippen LogP contribution is 2.19. The Bertz CT molecular complexity index is 713. The van der Waals surface area contributed by atoms with Crippen LogP contribution >= 0.6 is 0 Å². The number of carbonyl (C=O) groups excluding carboxylic acids is 1. The molecule has 2 aromatic rings. The highest BCUT2D eigenvalue weighted by molar-refractivity contribution is 5.90. The van der Waals surface area contributed by atoms with Crippen LogP contribution in [0.25, 0.3) is 11.3 Å². The fraction of sp³-hybridized carbons (Fsp3) is 0.316. The van der Waals surface area contributed by atoms with Gasteiger partial charge in [0.2, 0.25) is 0 Å². The molecule has 126 valence electrons. The number of ether oxygens (including phenoxy) is 1. The molecule has 1 aromatic carbocycles. The van der Waals surface area contributed by atoms with Crippen LogP contribution < -0.4 is 0 Å². The standard InChI is InChI=1S/C19H21NO4/c1-19(2,3)24-18(23)15-8-6-14(7-9-15)16-10-4-13(12-20-16)5-11-17(21)22/h4,6-10,12H,5,11H2,1-3H3,(H,21,22). The van der Waals surface area contributed by atoms with E-state index in [1.807, 2.05) is 45.0 Å². The average molecular weight is 327 g/mol. The monoisotopic (exact) mass is 327 g/mol. The molecule has 0 saturated carbocycles. The molecular weight excluding hydrogens is 306 g/mol. The van der Waals surface area contributed by atoms with Crippen molar-refractivity contribution in [2.75, 3.05) is 0 Å². The van der Waals surface area contributed by atoms with Crippen LogP contribution in [0.1, 0.15) is 43.1 Å². The van der Waals surface area contributed by atoms with Crippen molar-refractivity contribution in [3.8, 4) is 11.3 Å². The van der Waals surface area contributed by atoms with E-state index in [1.165, 1.54) is 0 Å². The lowest BCUT2D eigenvalue weighted by Gasteiger charge is -2.19. The van der Waals surface area contributed by atoms with Crippen molar-refractivity contribution >= 4 is 11.9 Å². The Morgan fingerprint density at radius 1 is 1.08 bits per heavy atom. The van der Waals surface area contributed by atoms with E-state index < -0.39 is 11.6 Å². The van der Waals surface area contributed by atoms with Gasteiger partial charge in [-0.1, -0.05) is 18.2 Å². The molecule has 5 nitrogen and oxygen atoms in total. The van der Waals surface area contributed by atoms with Crippen molar-refractivity contribution in [1.82, 2.24) is 4.98 Å². The molecule has 1 aromatic heterocycles. The Labute approximate surface area is 141 Å². The maximum atomic E-state index is 12.0. The van der Waals surface area contributed by atoms with Gasteiger partial charge in [0, 0.05) is 18.2 Å². The summed E-state index contributed by atoms with van der Waals surface area (Å²) in [7, 11) is 0. The third-order valence-electron chi connectivity index (χ3n) is 3.27. The molecule has 0 spiro atoms. The van der Waals surface area contributed by atoms with E-state index >= 15 is 0 Å². The number of rotatable bonds is 5. The molecule has 24 heavy (non-hydrogen) atoms. The van der Waals surface area contributed by atoms with Gasteiger partial charge >= 0.3 is 11.9 Å². The Morgan fingerprint density at radius 3 is 2.25 bits per heavy atom. The number of esters is 1. The molecule has 0 unspecified atom stereocenters. The zero-order chi connectivity index (χ0) is 17.7. The number of nitrogens with zero attached hydrogens (tertiary/aromatic N) is 1. The quantitative estimate of drug-likeness (QED) is 0.847. The molecule has 0 aliphatic heterocycles. The fourth-order valence-corrected chi connectivity index (χ4v) is 2.11. The number of aryl methyl sites for hydroxylation is 1. The number of benzene rings is 1. The Morgan fingerprint density at radius 2 is 1.75 bits per heavy atom. The van der Waals surface area contributed by atoms with E-state index in [-0.39, 0.29) is 12.4 Å². The summed E-state index contributed by atoms with van der Waals surface area (Å²) in [5.74, 6) is -1.18. The molecule has 1 heterocycles. The van der Waals surface area contributed by atoms with E-state index in [1.54, 1.807) is 18.3 Å². The second-order valence-electron chi connectivity index (χ2n) is 6.52. The fourth-order valence-electron chi connectivity index (χ4n) is 2.11. The van der Waals surface area contributed by atoms with Gasteiger partial charge in [0.25, 0.3) is 0 Å². The lowest BCUT2D eigenvalue weighted by molar-refractivity contribution is -0.136. The minimum absolute atomic E-state index is 0.0889. The normalized spacial score (nSPS) is 11.1. The molecule has 0 fully saturated rings. The van der Waals surface area contributed by atoms with Crippen LogP contribution in [0.2, 0.25) is 0 Å². The molecular formula is C19H21NO4. The third-order valence-corrected chi connectivity index (χ3v) is 3.27. The maximum Gasteiger partial charge on any atom is 0.338 e. The number of aliphatic carboxylic acids is 1. The summed E-state index contributed by atoms with van der Waals surface area (Å²) in [4.78, 5) is 26.9. The van der Waals surface area contributed by atoms with E-state index in [0.29, 0.717) is 12.0 Å². The summed E-state index contributed by atoms with van der Waals surface area (Å²) < 4.78 is 5.33. The number of carboxylic acids is 1. The summed E-state index contributed by atoms with van der Waals surface area (Å²) in [5.41, 5.74) is 2.50. The first-order valence-electron chi connectivity index (χ1n) is 7.75. The van der Waals surface area contributed by atoms with Gasteiger partial charge in [0.15, 0.2) is 0 Å². The first-order valence-corrected chi connectivity index (χ1v) is 7.75. The van der Waals surface area contributed by atoms with Crippen LogP contribution in [0.5, 0.6) is 0 Å². The molecule has 0 amide bonds. The molecule has 2 rings (SSSR count). The highest BCUT2D eigenvalue weighted by Gasteiger charge is 2.17. The van der Waals surface area contributed by atoms with E-state index in [2.05, 4.69) is 4.98 Å². The van der Waals surface area contributed by atoms with Gasteiger partial charge < -0.3 is 9.84 Å². The van der Waals surface area contributed by atoms with Gasteiger partial charge in [0.1, 0.15) is 5.60 Å². The van der Waals surface area contributed by atoms with Crippen LogP contribution in [0, 0.1) is 0 Å². The number of pyridine rings is 1. The zero-order valence-electron chi connectivity index (χ0n) is 14.1. The summed E-state index contributed by atoms with van der Waals surface area (Å²) >= 11 is 0. The lowest BCUT2D eigenvalue weighted by atomic mass is 10.1. The Kier molecular flexibility index (Phi) is 5.34. The zero-order valence-corrected chi connectivity index (χ0v) is 14.1. The van der Waals surface area contributed by atoms with Gasteiger partial charge in [-0.05, 0) is 51.0 Å². The maximum absolute atomic E-state index is 12.0. The van der Waals surface area contributed by atoms with E-state index in [0.717, 1.165) is 16.8 Å². The van der Waals surface area contributed by atoms with Crippen molar-refractivity contribution in [2.45, 2.75) is 39.2 Å². The molecule has 1 N–H and O–H groups in total. The summed E-state index contributed by atoms with van der Waals surface area (Å²) in [5, 5.41) is 8.69. The lowest BCUT2D eigenvalue weighted by Crippen LogP contribution is -2.23. The minimum atomic E-state index is -0.822. The molecule has 0 atom stereocenters. The number of carboxylic acid groups (broad SMARTS) is 1. The summed E-state index contributed by atoms with van der Waals surface area (Å²) in [6.07, 6.45) is 2.23. The van der Waals surface area contributed by atoms with Crippen molar-refractivity contribution in [3.05, 3.63) is 53.7 Å². The second kappa shape index (κ2) is 7.25. The van der Waals surface area contributed by atoms with Crippen LogP contribution in [-0.2, 0) is 16.0 Å². The first kappa shape index (κ1) is 17.7. The predicted molar refractivity (Wildman–Crippen MR) is 90.8 cm³/mol. The average Bonchev–Trinajstić information content (AvgIpc) is 2.52. The van der Waals surface area contributed by atoms with Crippen molar-refractivity contribution in [2.24, 2.45) is 0 Å². The van der Waals surface area contributed by atoms with E-state index in [9.17, 15) is 9.59 Å². The molecule has 0 radical (unpaired) electrons. The first-order chi connectivity index (χ1) is 11.2. The molecule has 5 heteroatoms. The van der Waals surface area contributed by atoms with Crippen molar-refractivity contribution in [1.29, 1.82) is 0 Å². The van der Waals surface area contributed by atoms with Crippen molar-refractivity contribution in [3.63, 3.8) is 0 Å². The van der Waals surface area contributed by atoms with Gasteiger partial charge in [-0.25, -0.2) is 4.79 Å². The second-order valence-corrected chi connectivity index (χ2v) is 6.52. The number of hydrogen-bond donors (Lipinski definition) is 1. The smallest absolute Gasteiger partial charge is 0.338 e. The van der Waals surface area contributed by atoms with Crippen LogP contribution in [-0.4, -0.2) is 27.6 Å². The van der Waals surface area contributed by atoms with Gasteiger partial charge in [-0.15, -0.1) is 0 Å². The van der Waals surface area contributed by atoms with Crippen molar-refractivity contribution < 1.29 is 19.4 Å². The van der Waals surface area contributed by atoms with Gasteiger partial charge in [-0.3, -0.25) is 9.78 Å². The number of hydrogen-bond acceptors (Lipinski definition) is 4. The topological polar surface area (TPSA) is 76.5 Å². The summed E-state index contributed by atoms with van der Waals surface area (Å²) in [6.45, 7) is 5.49. The van der Waals surface area contributed by atoms with Gasteiger partial charge in [0.05, 0.1) is 11.3 Å². The Hall–Kier alpha value is -2.69. The van der Waals surface area contributed by atoms with Crippen LogP contribution in [0.15, 0.2) is 42.6 Å². The molecule has 0 bridgehead atoms. The third kappa shape index (κ3) is 5.19.